The molecule has 1 nitrogen and oxygen atoms in total. The molecular formula is C17H25ClO. The fraction of sp³-hybridized carbons (Fsp3) is 0.647. The van der Waals surface area contributed by atoms with E-state index >= 15 is 0 Å². The van der Waals surface area contributed by atoms with Gasteiger partial charge in [-0.25, -0.2) is 0 Å². The van der Waals surface area contributed by atoms with E-state index in [4.69, 9.17) is 11.6 Å². The van der Waals surface area contributed by atoms with Crippen molar-refractivity contribution < 1.29 is 5.11 Å². The van der Waals surface area contributed by atoms with Gasteiger partial charge in [0.15, 0.2) is 0 Å². The average molecular weight is 281 g/mol. The van der Waals surface area contributed by atoms with Crippen LogP contribution >= 0.6 is 11.6 Å². The zero-order valence-electron chi connectivity index (χ0n) is 12.4. The van der Waals surface area contributed by atoms with E-state index < -0.39 is 5.60 Å². The van der Waals surface area contributed by atoms with E-state index in [-0.39, 0.29) is 11.3 Å². The van der Waals surface area contributed by atoms with Gasteiger partial charge in [0.1, 0.15) is 0 Å². The lowest BCUT2D eigenvalue weighted by atomic mass is 9.67. The van der Waals surface area contributed by atoms with Crippen molar-refractivity contribution in [3.63, 3.8) is 0 Å². The van der Waals surface area contributed by atoms with E-state index in [0.717, 1.165) is 24.3 Å². The van der Waals surface area contributed by atoms with Gasteiger partial charge in [-0.2, -0.15) is 0 Å². The van der Waals surface area contributed by atoms with Crippen LogP contribution in [0.15, 0.2) is 24.3 Å². The first-order valence-electron chi connectivity index (χ1n) is 7.24. The molecule has 1 saturated carbocycles. The predicted octanol–water partition coefficient (Wildman–Crippen LogP) is 4.71. The van der Waals surface area contributed by atoms with Crippen molar-refractivity contribution in [3.05, 3.63) is 34.9 Å². The lowest BCUT2D eigenvalue weighted by Crippen LogP contribution is -2.50. The first kappa shape index (κ1) is 14.9. The minimum atomic E-state index is -0.577. The van der Waals surface area contributed by atoms with Crippen molar-refractivity contribution in [3.8, 4) is 0 Å². The normalized spacial score (nSPS) is 29.9. The molecule has 0 amide bonds. The number of halogens is 1. The maximum Gasteiger partial charge on any atom is 0.0752 e. The fourth-order valence-corrected chi connectivity index (χ4v) is 4.05. The van der Waals surface area contributed by atoms with Gasteiger partial charge in [-0.15, -0.1) is 0 Å². The Labute approximate surface area is 122 Å². The Morgan fingerprint density at radius 3 is 2.37 bits per heavy atom. The minimum absolute atomic E-state index is 0.00173. The van der Waals surface area contributed by atoms with E-state index in [1.165, 1.54) is 5.56 Å². The van der Waals surface area contributed by atoms with E-state index in [2.05, 4.69) is 39.8 Å². The van der Waals surface area contributed by atoms with Crippen LogP contribution in [0.3, 0.4) is 0 Å². The average Bonchev–Trinajstić information content (AvgIpc) is 2.57. The van der Waals surface area contributed by atoms with Gasteiger partial charge in [0.05, 0.1) is 5.60 Å². The number of hydrogen-bond acceptors (Lipinski definition) is 1. The Kier molecular flexibility index (Phi) is 3.99. The molecule has 2 unspecified atom stereocenters. The number of hydrogen-bond donors (Lipinski definition) is 1. The maximum absolute atomic E-state index is 11.2. The summed E-state index contributed by atoms with van der Waals surface area (Å²) < 4.78 is 0. The molecule has 0 heterocycles. The molecule has 19 heavy (non-hydrogen) atoms. The molecule has 1 aromatic carbocycles. The molecule has 0 spiro atoms. The molecule has 1 aliphatic rings. The van der Waals surface area contributed by atoms with E-state index in [0.29, 0.717) is 5.92 Å². The zero-order valence-corrected chi connectivity index (χ0v) is 13.2. The van der Waals surface area contributed by atoms with Crippen molar-refractivity contribution in [2.24, 2.45) is 17.3 Å². The molecule has 1 fully saturated rings. The van der Waals surface area contributed by atoms with Crippen LogP contribution in [0.25, 0.3) is 0 Å². The lowest BCUT2D eigenvalue weighted by Gasteiger charge is -2.44. The van der Waals surface area contributed by atoms with E-state index in [1.807, 2.05) is 12.1 Å². The number of rotatable bonds is 3. The molecule has 2 rings (SSSR count). The number of aliphatic hydroxyl groups is 1. The van der Waals surface area contributed by atoms with E-state index in [1.54, 1.807) is 0 Å². The molecule has 106 valence electrons. The van der Waals surface area contributed by atoms with Crippen LogP contribution in [0.5, 0.6) is 0 Å². The van der Waals surface area contributed by atoms with Gasteiger partial charge >= 0.3 is 0 Å². The second kappa shape index (κ2) is 5.10. The Morgan fingerprint density at radius 2 is 1.84 bits per heavy atom. The molecule has 1 aromatic rings. The van der Waals surface area contributed by atoms with E-state index in [9.17, 15) is 5.11 Å². The van der Waals surface area contributed by atoms with Gasteiger partial charge in [0.2, 0.25) is 0 Å². The van der Waals surface area contributed by atoms with Crippen LogP contribution < -0.4 is 0 Å². The largest absolute Gasteiger partial charge is 0.389 e. The summed E-state index contributed by atoms with van der Waals surface area (Å²) in [5.41, 5.74) is 0.691. The maximum atomic E-state index is 11.2. The third-order valence-corrected chi connectivity index (χ3v) is 5.35. The third-order valence-electron chi connectivity index (χ3n) is 5.10. The Bertz CT molecular complexity index is 435. The summed E-state index contributed by atoms with van der Waals surface area (Å²) in [6.07, 6.45) is 3.14. The summed E-state index contributed by atoms with van der Waals surface area (Å²) in [5.74, 6) is 0.617. The van der Waals surface area contributed by atoms with Gasteiger partial charge in [-0.05, 0) is 54.2 Å². The topological polar surface area (TPSA) is 20.2 Å². The summed E-state index contributed by atoms with van der Waals surface area (Å²) in [6, 6.07) is 8.03. The summed E-state index contributed by atoms with van der Waals surface area (Å²) in [6.45, 7) is 8.69. The van der Waals surface area contributed by atoms with Crippen molar-refractivity contribution in [2.45, 2.75) is 52.6 Å². The highest BCUT2D eigenvalue weighted by molar-refractivity contribution is 6.30. The fourth-order valence-electron chi connectivity index (χ4n) is 3.92. The summed E-state index contributed by atoms with van der Waals surface area (Å²) in [4.78, 5) is 0. The first-order chi connectivity index (χ1) is 8.77. The van der Waals surface area contributed by atoms with Crippen molar-refractivity contribution in [1.82, 2.24) is 0 Å². The van der Waals surface area contributed by atoms with Crippen LogP contribution in [0.4, 0.5) is 0 Å². The van der Waals surface area contributed by atoms with Crippen LogP contribution in [-0.2, 0) is 6.42 Å². The van der Waals surface area contributed by atoms with Gasteiger partial charge in [-0.3, -0.25) is 0 Å². The van der Waals surface area contributed by atoms with Crippen molar-refractivity contribution >= 4 is 11.6 Å². The summed E-state index contributed by atoms with van der Waals surface area (Å²) >= 11 is 5.93. The Morgan fingerprint density at radius 1 is 1.26 bits per heavy atom. The smallest absolute Gasteiger partial charge is 0.0752 e. The second-order valence-corrected chi connectivity index (χ2v) is 7.37. The van der Waals surface area contributed by atoms with Crippen molar-refractivity contribution in [2.75, 3.05) is 0 Å². The predicted molar refractivity (Wildman–Crippen MR) is 81.4 cm³/mol. The van der Waals surface area contributed by atoms with Crippen LogP contribution in [0, 0.1) is 17.3 Å². The first-order valence-corrected chi connectivity index (χ1v) is 7.62. The summed E-state index contributed by atoms with van der Waals surface area (Å²) in [5, 5.41) is 12.0. The number of benzene rings is 1. The molecule has 0 aliphatic heterocycles. The quantitative estimate of drug-likeness (QED) is 0.850. The lowest BCUT2D eigenvalue weighted by molar-refractivity contribution is -0.111. The molecule has 0 bridgehead atoms. The molecule has 2 heteroatoms. The van der Waals surface area contributed by atoms with Crippen LogP contribution in [-0.4, -0.2) is 10.7 Å². The van der Waals surface area contributed by atoms with Gasteiger partial charge in [0, 0.05) is 5.02 Å². The molecule has 0 aromatic heterocycles. The van der Waals surface area contributed by atoms with Crippen LogP contribution in [0.1, 0.15) is 46.1 Å². The molecule has 0 radical (unpaired) electrons. The van der Waals surface area contributed by atoms with Gasteiger partial charge in [0.25, 0.3) is 0 Å². The highest BCUT2D eigenvalue weighted by Crippen LogP contribution is 2.54. The minimum Gasteiger partial charge on any atom is -0.389 e. The Hall–Kier alpha value is -0.530. The molecular weight excluding hydrogens is 256 g/mol. The van der Waals surface area contributed by atoms with Crippen molar-refractivity contribution in [1.29, 1.82) is 0 Å². The SMILES string of the molecule is CC(C)C1(O)C(Cc2ccc(Cl)cc2)CCC1(C)C. The highest BCUT2D eigenvalue weighted by atomic mass is 35.5. The molecule has 2 atom stereocenters. The molecule has 0 saturated heterocycles. The monoisotopic (exact) mass is 280 g/mol. The standard InChI is InChI=1S/C17H25ClO/c1-12(2)17(19)14(9-10-16(17,3)4)11-13-5-7-15(18)8-6-13/h5-8,12,14,19H,9-11H2,1-4H3. The molecule has 1 N–H and O–H groups in total. The molecule has 1 aliphatic carbocycles. The van der Waals surface area contributed by atoms with Gasteiger partial charge < -0.3 is 5.11 Å². The second-order valence-electron chi connectivity index (χ2n) is 6.93. The van der Waals surface area contributed by atoms with Crippen LogP contribution in [0.2, 0.25) is 5.02 Å². The highest BCUT2D eigenvalue weighted by Gasteiger charge is 2.55. The summed E-state index contributed by atoms with van der Waals surface area (Å²) in [7, 11) is 0. The zero-order chi connectivity index (χ0) is 14.3. The van der Waals surface area contributed by atoms with Gasteiger partial charge in [-0.1, -0.05) is 51.4 Å². The third kappa shape index (κ3) is 2.55. The Balaban J connectivity index is 2.23.